The van der Waals surface area contributed by atoms with E-state index < -0.39 is 13.3 Å². The average molecular weight is 432 g/mol. The van der Waals surface area contributed by atoms with Crippen molar-refractivity contribution < 1.29 is 28.3 Å². The first-order valence-electron chi connectivity index (χ1n) is 7.82. The zero-order chi connectivity index (χ0) is 20.1. The van der Waals surface area contributed by atoms with Crippen LogP contribution in [-0.2, 0) is 4.57 Å². The minimum Gasteiger partial charge on any atom is -0.494 e. The number of hydrogen-bond donors (Lipinski definition) is 0. The van der Waals surface area contributed by atoms with Gasteiger partial charge in [0.2, 0.25) is 11.3 Å². The third-order valence-electron chi connectivity index (χ3n) is 3.64. The second-order valence-corrected chi connectivity index (χ2v) is 7.40. The number of benzene rings is 2. The van der Waals surface area contributed by atoms with Crippen LogP contribution in [0.5, 0.6) is 23.0 Å². The Labute approximate surface area is 168 Å². The molecule has 2 aromatic carbocycles. The van der Waals surface area contributed by atoms with E-state index in [-0.39, 0.29) is 32.9 Å². The normalized spacial score (nSPS) is 11.0. The van der Waals surface area contributed by atoms with Gasteiger partial charge in [-0.05, 0) is 31.2 Å². The summed E-state index contributed by atoms with van der Waals surface area (Å²) in [7, 11) is 1.62. The van der Waals surface area contributed by atoms with E-state index in [0.717, 1.165) is 0 Å². The first-order valence-corrected chi connectivity index (χ1v) is 9.84. The fraction of sp³-hybridized carbons (Fsp3) is 0.278. The Balaban J connectivity index is 2.53. The smallest absolute Gasteiger partial charge is 0.249 e. The Morgan fingerprint density at radius 3 is 1.81 bits per heavy atom. The van der Waals surface area contributed by atoms with E-state index in [4.69, 9.17) is 42.1 Å². The Kier molecular flexibility index (Phi) is 7.31. The van der Waals surface area contributed by atoms with Crippen LogP contribution in [-0.4, -0.2) is 33.5 Å². The van der Waals surface area contributed by atoms with Gasteiger partial charge in [0.1, 0.15) is 5.75 Å². The first kappa shape index (κ1) is 21.3. The topological polar surface area (TPSA) is 71.1 Å². The third-order valence-corrected chi connectivity index (χ3v) is 5.72. The highest BCUT2D eigenvalue weighted by Gasteiger charge is 2.31. The molecule has 0 aliphatic rings. The molecule has 2 rings (SSSR count). The van der Waals surface area contributed by atoms with Crippen LogP contribution in [0.4, 0.5) is 0 Å². The Hall–Kier alpha value is -2.01. The van der Waals surface area contributed by atoms with Crippen LogP contribution in [0.2, 0.25) is 10.0 Å². The molecule has 145 valence electrons. The zero-order valence-corrected chi connectivity index (χ0v) is 17.6. The molecule has 0 amide bonds. The summed E-state index contributed by atoms with van der Waals surface area (Å²) in [5.74, 6) is 0.890. The molecule has 0 spiro atoms. The molecule has 0 N–H and O–H groups in total. The maximum absolute atomic E-state index is 12.9. The zero-order valence-electron chi connectivity index (χ0n) is 15.2. The van der Waals surface area contributed by atoms with Crippen molar-refractivity contribution in [2.75, 3.05) is 27.9 Å². The average Bonchev–Trinajstić information content (AvgIpc) is 2.67. The Morgan fingerprint density at radius 2 is 1.41 bits per heavy atom. The van der Waals surface area contributed by atoms with Crippen LogP contribution in [0.3, 0.4) is 0 Å². The van der Waals surface area contributed by atoms with Crippen molar-refractivity contribution in [1.29, 1.82) is 0 Å². The molecule has 0 aliphatic carbocycles. The van der Waals surface area contributed by atoms with Gasteiger partial charge in [-0.1, -0.05) is 23.2 Å². The van der Waals surface area contributed by atoms with Gasteiger partial charge in [0.05, 0.1) is 43.5 Å². The third kappa shape index (κ3) is 4.13. The van der Waals surface area contributed by atoms with Gasteiger partial charge in [-0.15, -0.1) is 0 Å². The van der Waals surface area contributed by atoms with E-state index in [1.165, 1.54) is 21.3 Å². The molecule has 0 heterocycles. The highest BCUT2D eigenvalue weighted by Crippen LogP contribution is 2.51. The van der Waals surface area contributed by atoms with Crippen molar-refractivity contribution in [2.24, 2.45) is 0 Å². The molecule has 0 aliphatic heterocycles. The molecule has 9 heteroatoms. The lowest BCUT2D eigenvalue weighted by molar-refractivity contribution is 0.107. The second-order valence-electron chi connectivity index (χ2n) is 5.13. The van der Waals surface area contributed by atoms with Crippen molar-refractivity contribution in [3.63, 3.8) is 0 Å². The van der Waals surface area contributed by atoms with Crippen LogP contribution >= 0.6 is 31.0 Å². The molecule has 0 saturated carbocycles. The maximum Gasteiger partial charge on any atom is 0.249 e. The molecule has 0 saturated heterocycles. The van der Waals surface area contributed by atoms with Gasteiger partial charge in [-0.2, -0.15) is 0 Å². The first-order chi connectivity index (χ1) is 12.9. The van der Waals surface area contributed by atoms with E-state index in [1.54, 1.807) is 24.3 Å². The van der Waals surface area contributed by atoms with Gasteiger partial charge in [0.25, 0.3) is 0 Å². The highest BCUT2D eigenvalue weighted by atomic mass is 35.5. The van der Waals surface area contributed by atoms with Gasteiger partial charge >= 0.3 is 0 Å². The van der Waals surface area contributed by atoms with Gasteiger partial charge in [0.15, 0.2) is 19.3 Å². The lowest BCUT2D eigenvalue weighted by atomic mass is 10.2. The van der Waals surface area contributed by atoms with Crippen LogP contribution < -0.4 is 24.3 Å². The van der Waals surface area contributed by atoms with Gasteiger partial charge in [0, 0.05) is 5.30 Å². The Bertz CT molecular complexity index is 836. The number of hydrogen-bond acceptors (Lipinski definition) is 6. The summed E-state index contributed by atoms with van der Waals surface area (Å²) >= 11 is 12.6. The lowest BCUT2D eigenvalue weighted by Crippen LogP contribution is -2.08. The predicted molar refractivity (Wildman–Crippen MR) is 105 cm³/mol. The number of ether oxygens (including phenoxy) is 4. The summed E-state index contributed by atoms with van der Waals surface area (Å²) in [6.07, 6.45) is 0. The molecule has 2 aromatic rings. The van der Waals surface area contributed by atoms with Crippen LogP contribution in [0, 0.1) is 0 Å². The van der Waals surface area contributed by atoms with Gasteiger partial charge < -0.3 is 18.9 Å². The molecule has 0 aromatic heterocycles. The predicted octanol–water partition coefficient (Wildman–Crippen LogP) is 4.71. The van der Waals surface area contributed by atoms with E-state index in [1.807, 2.05) is 6.92 Å². The molecule has 1 radical (unpaired) electrons. The second kappa shape index (κ2) is 9.27. The number of carbonyl (C=O) groups is 1. The molecule has 0 bridgehead atoms. The van der Waals surface area contributed by atoms with Crippen LogP contribution in [0.15, 0.2) is 24.3 Å². The molecular weight excluding hydrogens is 414 g/mol. The molecule has 6 nitrogen and oxygen atoms in total. The van der Waals surface area contributed by atoms with Crippen LogP contribution in [0.1, 0.15) is 17.3 Å². The van der Waals surface area contributed by atoms with Crippen molar-refractivity contribution >= 4 is 41.8 Å². The van der Waals surface area contributed by atoms with E-state index in [2.05, 4.69) is 0 Å². The van der Waals surface area contributed by atoms with Crippen LogP contribution in [0.25, 0.3) is 0 Å². The molecule has 27 heavy (non-hydrogen) atoms. The SMILES string of the molecule is CCOc1ccc([P](=O)C(=O)c2c(Cl)c(OC)c(OC)c(OC)c2Cl)cc1. The summed E-state index contributed by atoms with van der Waals surface area (Å²) in [5.41, 5.74) is -0.897. The number of methoxy groups -OCH3 is 3. The Morgan fingerprint density at radius 1 is 0.926 bits per heavy atom. The number of halogens is 2. The summed E-state index contributed by atoms with van der Waals surface area (Å²) in [5, 5.41) is 0.123. The standard InChI is InChI=1S/C18H18Cl2O6P/c1-5-26-10-6-8-11(9-7-10)27(22)18(21)12-13(19)15(23-2)17(25-4)16(24-3)14(12)20/h6-9H,5H2,1-4H3. The van der Waals surface area contributed by atoms with Crippen molar-refractivity contribution in [3.8, 4) is 23.0 Å². The summed E-state index contributed by atoms with van der Waals surface area (Å²) in [6.45, 7) is 2.35. The minimum absolute atomic E-state index is 0.0684. The van der Waals surface area contributed by atoms with E-state index in [0.29, 0.717) is 17.7 Å². The van der Waals surface area contributed by atoms with Gasteiger partial charge in [-0.3, -0.25) is 9.36 Å². The molecular formula is C18H18Cl2O6P. The lowest BCUT2D eigenvalue weighted by Gasteiger charge is -2.17. The molecule has 1 atom stereocenters. The largest absolute Gasteiger partial charge is 0.494 e. The van der Waals surface area contributed by atoms with Crippen molar-refractivity contribution in [2.45, 2.75) is 6.92 Å². The summed E-state index contributed by atoms with van der Waals surface area (Å²) in [6, 6.07) is 6.39. The highest BCUT2D eigenvalue weighted by molar-refractivity contribution is 7.71. The molecule has 1 unspecified atom stereocenters. The van der Waals surface area contributed by atoms with Gasteiger partial charge in [-0.25, -0.2) is 0 Å². The number of carbonyl (C=O) groups excluding carboxylic acids is 1. The summed E-state index contributed by atoms with van der Waals surface area (Å²) in [4.78, 5) is 12.9. The van der Waals surface area contributed by atoms with E-state index in [9.17, 15) is 9.36 Å². The quantitative estimate of drug-likeness (QED) is 0.563. The molecule has 0 fully saturated rings. The summed E-state index contributed by atoms with van der Waals surface area (Å²) < 4.78 is 33.8. The monoisotopic (exact) mass is 431 g/mol. The minimum atomic E-state index is -2.48. The fourth-order valence-electron chi connectivity index (χ4n) is 2.43. The fourth-order valence-corrected chi connectivity index (χ4v) is 4.37. The van der Waals surface area contributed by atoms with Crippen molar-refractivity contribution in [1.82, 2.24) is 0 Å². The number of rotatable bonds is 8. The van der Waals surface area contributed by atoms with Crippen molar-refractivity contribution in [3.05, 3.63) is 39.9 Å². The van der Waals surface area contributed by atoms with E-state index >= 15 is 0 Å². The maximum atomic E-state index is 12.9.